The van der Waals surface area contributed by atoms with Crippen molar-refractivity contribution < 1.29 is 9.53 Å². The lowest BCUT2D eigenvalue weighted by Crippen LogP contribution is -2.32. The summed E-state index contributed by atoms with van der Waals surface area (Å²) in [5.74, 6) is 0.532. The highest BCUT2D eigenvalue weighted by Gasteiger charge is 2.21. The molecule has 1 N–H and O–H groups in total. The van der Waals surface area contributed by atoms with Crippen LogP contribution in [-0.4, -0.2) is 24.5 Å². The van der Waals surface area contributed by atoms with Crippen LogP contribution in [0.25, 0.3) is 0 Å². The summed E-state index contributed by atoms with van der Waals surface area (Å²) in [6.07, 6.45) is 4.88. The van der Waals surface area contributed by atoms with Gasteiger partial charge in [-0.3, -0.25) is 9.78 Å². The summed E-state index contributed by atoms with van der Waals surface area (Å²) < 4.78 is 5.17. The molecule has 3 rings (SSSR count). The quantitative estimate of drug-likeness (QED) is 0.615. The van der Waals surface area contributed by atoms with Crippen molar-refractivity contribution in [3.63, 3.8) is 0 Å². The van der Waals surface area contributed by atoms with E-state index < -0.39 is 0 Å². The van der Waals surface area contributed by atoms with Crippen LogP contribution >= 0.6 is 11.6 Å². The van der Waals surface area contributed by atoms with Crippen LogP contribution in [0.2, 0.25) is 5.02 Å². The lowest BCUT2D eigenvalue weighted by Gasteiger charge is -2.18. The molecular weight excluding hydrogens is 372 g/mol. The third-order valence-corrected chi connectivity index (χ3v) is 4.88. The maximum Gasteiger partial charge on any atom is 0.227 e. The number of nitrogens with zero attached hydrogens (tertiary/aromatic N) is 1. The first kappa shape index (κ1) is 19.9. The third-order valence-electron chi connectivity index (χ3n) is 4.62. The topological polar surface area (TPSA) is 51.2 Å². The number of hydrogen-bond acceptors (Lipinski definition) is 3. The first-order valence-electron chi connectivity index (χ1n) is 9.20. The molecule has 1 atom stereocenters. The molecule has 5 heteroatoms. The smallest absolute Gasteiger partial charge is 0.227 e. The first-order chi connectivity index (χ1) is 13.7. The summed E-state index contributed by atoms with van der Waals surface area (Å²) in [7, 11) is 1.65. The zero-order valence-corrected chi connectivity index (χ0v) is 16.5. The molecular formula is C23H23ClN2O2. The highest BCUT2D eigenvalue weighted by Crippen LogP contribution is 2.23. The third kappa shape index (κ3) is 5.57. The van der Waals surface area contributed by atoms with Crippen molar-refractivity contribution in [2.24, 2.45) is 0 Å². The standard InChI is InChI=1S/C23H23ClN2O2/c1-28-21-10-4-17(5-11-21)12-14-26-23(27)22(15-18-3-2-13-25-16-18)19-6-8-20(24)9-7-19/h2-11,13,16,22H,12,14-15H2,1H3,(H,26,27). The number of amides is 1. The van der Waals surface area contributed by atoms with E-state index in [1.165, 1.54) is 0 Å². The Kier molecular flexibility index (Phi) is 7.04. The number of aromatic nitrogens is 1. The van der Waals surface area contributed by atoms with Gasteiger partial charge in [0.2, 0.25) is 5.91 Å². The maximum atomic E-state index is 12.9. The molecule has 0 aliphatic rings. The molecule has 1 heterocycles. The van der Waals surface area contributed by atoms with Crippen LogP contribution in [0.1, 0.15) is 22.6 Å². The maximum absolute atomic E-state index is 12.9. The van der Waals surface area contributed by atoms with E-state index in [-0.39, 0.29) is 11.8 Å². The van der Waals surface area contributed by atoms with Gasteiger partial charge in [-0.1, -0.05) is 41.9 Å². The minimum atomic E-state index is -0.294. The summed E-state index contributed by atoms with van der Waals surface area (Å²) >= 11 is 6.01. The Hall–Kier alpha value is -2.85. The Labute approximate surface area is 170 Å². The van der Waals surface area contributed by atoms with Crippen LogP contribution in [-0.2, 0) is 17.6 Å². The molecule has 3 aromatic rings. The molecule has 28 heavy (non-hydrogen) atoms. The number of rotatable bonds is 8. The second kappa shape index (κ2) is 9.90. The van der Waals surface area contributed by atoms with Gasteiger partial charge in [-0.25, -0.2) is 0 Å². The molecule has 0 aliphatic carbocycles. The minimum Gasteiger partial charge on any atom is -0.497 e. The van der Waals surface area contributed by atoms with Crippen LogP contribution in [0.5, 0.6) is 5.75 Å². The van der Waals surface area contributed by atoms with Crippen molar-refractivity contribution in [1.82, 2.24) is 10.3 Å². The summed E-state index contributed by atoms with van der Waals surface area (Å²) in [6.45, 7) is 0.572. The molecule has 1 aromatic heterocycles. The fraction of sp³-hybridized carbons (Fsp3) is 0.217. The van der Waals surface area contributed by atoms with E-state index in [0.29, 0.717) is 18.0 Å². The van der Waals surface area contributed by atoms with Gasteiger partial charge in [0.1, 0.15) is 5.75 Å². The molecule has 1 unspecified atom stereocenters. The molecule has 0 saturated heterocycles. The Balaban J connectivity index is 1.66. The van der Waals surface area contributed by atoms with E-state index in [1.807, 2.05) is 60.7 Å². The molecule has 2 aromatic carbocycles. The van der Waals surface area contributed by atoms with Gasteiger partial charge < -0.3 is 10.1 Å². The summed E-state index contributed by atoms with van der Waals surface area (Å²) in [6, 6.07) is 19.2. The predicted molar refractivity (Wildman–Crippen MR) is 112 cm³/mol. The molecule has 1 amide bonds. The van der Waals surface area contributed by atoms with Crippen molar-refractivity contribution in [2.45, 2.75) is 18.8 Å². The highest BCUT2D eigenvalue weighted by atomic mass is 35.5. The molecule has 0 aliphatic heterocycles. The minimum absolute atomic E-state index is 0.000290. The largest absolute Gasteiger partial charge is 0.497 e. The summed E-state index contributed by atoms with van der Waals surface area (Å²) in [5.41, 5.74) is 3.11. The number of carbonyl (C=O) groups excluding carboxylic acids is 1. The second-order valence-electron chi connectivity index (χ2n) is 6.56. The summed E-state index contributed by atoms with van der Waals surface area (Å²) in [5, 5.41) is 3.73. The van der Waals surface area contributed by atoms with Crippen LogP contribution < -0.4 is 10.1 Å². The van der Waals surface area contributed by atoms with Crippen molar-refractivity contribution in [3.05, 3.63) is 94.8 Å². The zero-order valence-electron chi connectivity index (χ0n) is 15.8. The van der Waals surface area contributed by atoms with Gasteiger partial charge in [0.15, 0.2) is 0 Å². The fourth-order valence-corrected chi connectivity index (χ4v) is 3.18. The number of hydrogen-bond donors (Lipinski definition) is 1. The van der Waals surface area contributed by atoms with Crippen LogP contribution in [0.4, 0.5) is 0 Å². The zero-order chi connectivity index (χ0) is 19.8. The van der Waals surface area contributed by atoms with Crippen molar-refractivity contribution in [3.8, 4) is 5.75 Å². The normalized spacial score (nSPS) is 11.6. The Morgan fingerprint density at radius 1 is 1.07 bits per heavy atom. The van der Waals surface area contributed by atoms with E-state index >= 15 is 0 Å². The molecule has 144 valence electrons. The van der Waals surface area contributed by atoms with Gasteiger partial charge in [0, 0.05) is 24.0 Å². The first-order valence-corrected chi connectivity index (χ1v) is 9.58. The van der Waals surface area contributed by atoms with E-state index in [4.69, 9.17) is 16.3 Å². The van der Waals surface area contributed by atoms with Crippen LogP contribution in [0.15, 0.2) is 73.1 Å². The van der Waals surface area contributed by atoms with Gasteiger partial charge in [0.05, 0.1) is 13.0 Å². The number of ether oxygens (including phenoxy) is 1. The fourth-order valence-electron chi connectivity index (χ4n) is 3.06. The predicted octanol–water partition coefficient (Wildman–Crippen LogP) is 4.43. The van der Waals surface area contributed by atoms with Gasteiger partial charge in [-0.2, -0.15) is 0 Å². The number of nitrogens with one attached hydrogen (secondary N) is 1. The lowest BCUT2D eigenvalue weighted by atomic mass is 9.91. The SMILES string of the molecule is COc1ccc(CCNC(=O)C(Cc2cccnc2)c2ccc(Cl)cc2)cc1. The van der Waals surface area contributed by atoms with E-state index in [1.54, 1.807) is 19.5 Å². The number of methoxy groups -OCH3 is 1. The molecule has 4 nitrogen and oxygen atoms in total. The number of pyridine rings is 1. The van der Waals surface area contributed by atoms with E-state index in [0.717, 1.165) is 28.9 Å². The molecule has 0 bridgehead atoms. The van der Waals surface area contributed by atoms with E-state index in [9.17, 15) is 4.79 Å². The molecule has 0 fully saturated rings. The van der Waals surface area contributed by atoms with Crippen LogP contribution in [0.3, 0.4) is 0 Å². The van der Waals surface area contributed by atoms with Crippen molar-refractivity contribution >= 4 is 17.5 Å². The lowest BCUT2D eigenvalue weighted by molar-refractivity contribution is -0.122. The highest BCUT2D eigenvalue weighted by molar-refractivity contribution is 6.30. The number of halogens is 1. The molecule has 0 radical (unpaired) electrons. The van der Waals surface area contributed by atoms with Crippen molar-refractivity contribution in [2.75, 3.05) is 13.7 Å². The number of benzene rings is 2. The van der Waals surface area contributed by atoms with Gasteiger partial charge in [-0.15, -0.1) is 0 Å². The van der Waals surface area contributed by atoms with Crippen LogP contribution in [0, 0.1) is 0 Å². The average molecular weight is 395 g/mol. The van der Waals surface area contributed by atoms with E-state index in [2.05, 4.69) is 10.3 Å². The second-order valence-corrected chi connectivity index (χ2v) is 7.00. The Morgan fingerprint density at radius 2 is 1.82 bits per heavy atom. The monoisotopic (exact) mass is 394 g/mol. The van der Waals surface area contributed by atoms with Crippen molar-refractivity contribution in [1.29, 1.82) is 0 Å². The summed E-state index contributed by atoms with van der Waals surface area (Å²) in [4.78, 5) is 17.1. The molecule has 0 spiro atoms. The molecule has 0 saturated carbocycles. The Bertz CT molecular complexity index is 881. The van der Waals surface area contributed by atoms with Gasteiger partial charge in [0.25, 0.3) is 0 Å². The average Bonchev–Trinajstić information content (AvgIpc) is 2.74. The number of carbonyl (C=O) groups is 1. The van der Waals surface area contributed by atoms with Gasteiger partial charge >= 0.3 is 0 Å². The van der Waals surface area contributed by atoms with Gasteiger partial charge in [-0.05, 0) is 59.9 Å². The Morgan fingerprint density at radius 3 is 2.46 bits per heavy atom.